The number of ether oxygens (including phenoxy) is 2. The van der Waals surface area contributed by atoms with E-state index in [4.69, 9.17) is 8.92 Å². The lowest BCUT2D eigenvalue weighted by Crippen LogP contribution is -2.34. The van der Waals surface area contributed by atoms with Crippen molar-refractivity contribution in [1.29, 1.82) is 0 Å². The van der Waals surface area contributed by atoms with Crippen molar-refractivity contribution < 1.29 is 31.8 Å². The third kappa shape index (κ3) is 4.76. The third-order valence-electron chi connectivity index (χ3n) is 2.67. The van der Waals surface area contributed by atoms with Crippen LogP contribution >= 0.6 is 0 Å². The number of hydrogen-bond donors (Lipinski definition) is 0. The van der Waals surface area contributed by atoms with Gasteiger partial charge in [-0.05, 0) is 17.7 Å². The average molecular weight is 333 g/mol. The number of benzene rings is 1. The molecular weight excluding hydrogens is 318 g/mol. The first-order valence-corrected chi connectivity index (χ1v) is 7.74. The molecule has 1 aromatic rings. The van der Waals surface area contributed by atoms with Crippen LogP contribution in [0, 0.1) is 10.1 Å². The zero-order valence-corrected chi connectivity index (χ0v) is 12.9. The van der Waals surface area contributed by atoms with Gasteiger partial charge in [-0.3, -0.25) is 14.3 Å². The maximum atomic E-state index is 11.7. The van der Waals surface area contributed by atoms with Crippen LogP contribution in [0.4, 0.5) is 5.69 Å². The summed E-state index contributed by atoms with van der Waals surface area (Å²) in [6, 6.07) is 4.89. The standard InChI is InChI=1S/C12H15NO8S/c1-19-11(12(14)20-2)10(21-22(3,17)18)8-4-6-9(7-5-8)13(15)16/h4-7,10-11H,1-3H3. The second-order valence-electron chi connectivity index (χ2n) is 4.25. The average Bonchev–Trinajstić information content (AvgIpc) is 2.45. The highest BCUT2D eigenvalue weighted by atomic mass is 32.2. The topological polar surface area (TPSA) is 122 Å². The Morgan fingerprint density at radius 2 is 1.77 bits per heavy atom. The van der Waals surface area contributed by atoms with Crippen LogP contribution in [-0.4, -0.2) is 45.9 Å². The zero-order valence-electron chi connectivity index (χ0n) is 12.1. The smallest absolute Gasteiger partial charge is 0.338 e. The molecule has 0 spiro atoms. The third-order valence-corrected chi connectivity index (χ3v) is 3.23. The molecule has 22 heavy (non-hydrogen) atoms. The minimum absolute atomic E-state index is 0.186. The number of carbonyl (C=O) groups is 1. The van der Waals surface area contributed by atoms with E-state index in [-0.39, 0.29) is 11.3 Å². The summed E-state index contributed by atoms with van der Waals surface area (Å²) in [6.45, 7) is 0. The van der Waals surface area contributed by atoms with Crippen molar-refractivity contribution in [1.82, 2.24) is 0 Å². The molecule has 122 valence electrons. The van der Waals surface area contributed by atoms with Crippen molar-refractivity contribution in [2.24, 2.45) is 0 Å². The van der Waals surface area contributed by atoms with E-state index in [2.05, 4.69) is 4.74 Å². The van der Waals surface area contributed by atoms with Crippen LogP contribution in [-0.2, 0) is 28.6 Å². The van der Waals surface area contributed by atoms with Crippen molar-refractivity contribution >= 4 is 21.8 Å². The summed E-state index contributed by atoms with van der Waals surface area (Å²) >= 11 is 0. The van der Waals surface area contributed by atoms with Crippen LogP contribution in [0.2, 0.25) is 0 Å². The number of carbonyl (C=O) groups excluding carboxylic acids is 1. The second kappa shape index (κ2) is 7.29. The summed E-state index contributed by atoms with van der Waals surface area (Å²) in [4.78, 5) is 21.7. The quantitative estimate of drug-likeness (QED) is 0.311. The van der Waals surface area contributed by atoms with E-state index >= 15 is 0 Å². The Kier molecular flexibility index (Phi) is 5.97. The van der Waals surface area contributed by atoms with Crippen molar-refractivity contribution in [3.8, 4) is 0 Å². The monoisotopic (exact) mass is 333 g/mol. The number of methoxy groups -OCH3 is 2. The number of nitro groups is 1. The van der Waals surface area contributed by atoms with E-state index in [9.17, 15) is 23.3 Å². The van der Waals surface area contributed by atoms with Crippen LogP contribution in [0.15, 0.2) is 24.3 Å². The van der Waals surface area contributed by atoms with Gasteiger partial charge in [0.15, 0.2) is 6.10 Å². The second-order valence-corrected chi connectivity index (χ2v) is 5.85. The summed E-state index contributed by atoms with van der Waals surface area (Å²) in [6.07, 6.45) is -1.86. The molecule has 0 aliphatic heterocycles. The molecule has 0 radical (unpaired) electrons. The molecule has 0 saturated heterocycles. The molecule has 2 unspecified atom stereocenters. The van der Waals surface area contributed by atoms with Crippen molar-refractivity contribution in [2.45, 2.75) is 12.2 Å². The van der Waals surface area contributed by atoms with E-state index in [1.807, 2.05) is 0 Å². The maximum Gasteiger partial charge on any atom is 0.338 e. The van der Waals surface area contributed by atoms with Crippen molar-refractivity contribution in [3.63, 3.8) is 0 Å². The normalized spacial score (nSPS) is 14.1. The zero-order chi connectivity index (χ0) is 16.9. The number of hydrogen-bond acceptors (Lipinski definition) is 8. The Morgan fingerprint density at radius 3 is 2.14 bits per heavy atom. The molecule has 1 rings (SSSR count). The largest absolute Gasteiger partial charge is 0.467 e. The summed E-state index contributed by atoms with van der Waals surface area (Å²) < 4.78 is 37.1. The molecule has 0 aromatic heterocycles. The van der Waals surface area contributed by atoms with Gasteiger partial charge in [0.05, 0.1) is 18.3 Å². The van der Waals surface area contributed by atoms with Gasteiger partial charge in [0.2, 0.25) is 0 Å². The van der Waals surface area contributed by atoms with Gasteiger partial charge in [-0.15, -0.1) is 0 Å². The summed E-state index contributed by atoms with van der Waals surface area (Å²) in [5, 5.41) is 10.6. The number of nitro benzene ring substituents is 1. The van der Waals surface area contributed by atoms with Gasteiger partial charge in [-0.1, -0.05) is 0 Å². The van der Waals surface area contributed by atoms with Crippen LogP contribution in [0.25, 0.3) is 0 Å². The Morgan fingerprint density at radius 1 is 1.23 bits per heavy atom. The van der Waals surface area contributed by atoms with Crippen molar-refractivity contribution in [3.05, 3.63) is 39.9 Å². The van der Waals surface area contributed by atoms with E-state index in [0.717, 1.165) is 25.5 Å². The Hall–Kier alpha value is -2.04. The lowest BCUT2D eigenvalue weighted by molar-refractivity contribution is -0.384. The van der Waals surface area contributed by atoms with E-state index in [1.165, 1.54) is 19.2 Å². The highest BCUT2D eigenvalue weighted by Gasteiger charge is 2.34. The molecule has 0 amide bonds. The number of non-ortho nitro benzene ring substituents is 1. The Bertz CT molecular complexity index is 640. The fourth-order valence-corrected chi connectivity index (χ4v) is 2.30. The van der Waals surface area contributed by atoms with Crippen LogP contribution < -0.4 is 0 Å². The number of esters is 1. The van der Waals surface area contributed by atoms with Crippen LogP contribution in [0.5, 0.6) is 0 Å². The molecule has 0 bridgehead atoms. The maximum absolute atomic E-state index is 11.7. The molecule has 9 nitrogen and oxygen atoms in total. The predicted octanol–water partition coefficient (Wildman–Crippen LogP) is 0.800. The van der Waals surface area contributed by atoms with Gasteiger partial charge in [-0.25, -0.2) is 4.79 Å². The summed E-state index contributed by atoms with van der Waals surface area (Å²) in [7, 11) is -1.62. The summed E-state index contributed by atoms with van der Waals surface area (Å²) in [5.41, 5.74) is 0.0298. The van der Waals surface area contributed by atoms with Gasteiger partial charge in [0.25, 0.3) is 15.8 Å². The predicted molar refractivity (Wildman–Crippen MR) is 74.6 cm³/mol. The van der Waals surface area contributed by atoms with E-state index in [0.29, 0.717) is 0 Å². The van der Waals surface area contributed by atoms with Crippen LogP contribution in [0.1, 0.15) is 11.7 Å². The fourth-order valence-electron chi connectivity index (χ4n) is 1.71. The molecule has 0 aliphatic rings. The van der Waals surface area contributed by atoms with Crippen molar-refractivity contribution in [2.75, 3.05) is 20.5 Å². The highest BCUT2D eigenvalue weighted by molar-refractivity contribution is 7.86. The molecule has 1 aromatic carbocycles. The highest BCUT2D eigenvalue weighted by Crippen LogP contribution is 2.27. The lowest BCUT2D eigenvalue weighted by Gasteiger charge is -2.23. The first-order chi connectivity index (χ1) is 10.2. The van der Waals surface area contributed by atoms with E-state index < -0.39 is 33.2 Å². The Labute approximate surface area is 127 Å². The first kappa shape index (κ1) is 18.0. The molecule has 10 heteroatoms. The molecule has 0 N–H and O–H groups in total. The molecule has 0 fully saturated rings. The molecular formula is C12H15NO8S. The van der Waals surface area contributed by atoms with Gasteiger partial charge < -0.3 is 9.47 Å². The number of nitrogens with zero attached hydrogens (tertiary/aromatic N) is 1. The van der Waals surface area contributed by atoms with Gasteiger partial charge >= 0.3 is 5.97 Å². The van der Waals surface area contributed by atoms with Gasteiger partial charge in [-0.2, -0.15) is 8.42 Å². The summed E-state index contributed by atoms with van der Waals surface area (Å²) in [5.74, 6) is -0.838. The molecule has 2 atom stereocenters. The molecule has 0 aliphatic carbocycles. The molecule has 0 heterocycles. The van der Waals surface area contributed by atoms with Gasteiger partial charge in [0, 0.05) is 19.2 Å². The number of rotatable bonds is 7. The van der Waals surface area contributed by atoms with Gasteiger partial charge in [0.1, 0.15) is 6.10 Å². The Balaban J connectivity index is 3.24. The molecule has 0 saturated carbocycles. The lowest BCUT2D eigenvalue weighted by atomic mass is 10.0. The minimum atomic E-state index is -3.92. The van der Waals surface area contributed by atoms with E-state index in [1.54, 1.807) is 0 Å². The van der Waals surface area contributed by atoms with Crippen LogP contribution in [0.3, 0.4) is 0 Å². The fraction of sp³-hybridized carbons (Fsp3) is 0.417. The first-order valence-electron chi connectivity index (χ1n) is 5.93. The minimum Gasteiger partial charge on any atom is -0.467 e. The SMILES string of the molecule is COC(=O)C(OC)C(OS(C)(=O)=O)c1ccc([N+](=O)[O-])cc1.